The summed E-state index contributed by atoms with van der Waals surface area (Å²) in [6.07, 6.45) is 0.798. The normalized spacial score (nSPS) is 9.73. The molecule has 0 aliphatic heterocycles. The van der Waals surface area contributed by atoms with Gasteiger partial charge in [0.25, 0.3) is 0 Å². The van der Waals surface area contributed by atoms with Crippen LogP contribution in [0.2, 0.25) is 0 Å². The van der Waals surface area contributed by atoms with Crippen LogP contribution < -0.4 is 10.1 Å². The monoisotopic (exact) mass is 227 g/mol. The van der Waals surface area contributed by atoms with Crippen molar-refractivity contribution in [3.63, 3.8) is 0 Å². The van der Waals surface area contributed by atoms with Crippen LogP contribution in [-0.4, -0.2) is 25.4 Å². The molecule has 0 bridgehead atoms. The quantitative estimate of drug-likeness (QED) is 0.776. The molecule has 0 aliphatic carbocycles. The maximum atomic E-state index is 10.8. The summed E-state index contributed by atoms with van der Waals surface area (Å²) in [5.41, 5.74) is 1.16. The molecular weight excluding hydrogens is 214 g/mol. The Kier molecular flexibility index (Phi) is 4.98. The Morgan fingerprint density at radius 3 is 2.60 bits per heavy atom. The van der Waals surface area contributed by atoms with E-state index in [2.05, 4.69) is 5.32 Å². The van der Waals surface area contributed by atoms with Crippen LogP contribution in [0, 0.1) is 0 Å². The van der Waals surface area contributed by atoms with Crippen LogP contribution in [0.15, 0.2) is 24.3 Å². The zero-order chi connectivity index (χ0) is 11.1. The summed E-state index contributed by atoms with van der Waals surface area (Å²) in [7, 11) is 1.63. The molecule has 1 aromatic carbocycles. The predicted molar refractivity (Wildman–Crippen MR) is 60.4 cm³/mol. The predicted octanol–water partition coefficient (Wildman–Crippen LogP) is 1.59. The number of carbonyl (C=O) groups is 1. The molecule has 3 nitrogen and oxygen atoms in total. The molecule has 0 fully saturated rings. The van der Waals surface area contributed by atoms with Crippen molar-refractivity contribution in [3.05, 3.63) is 29.8 Å². The molecule has 4 heteroatoms. The van der Waals surface area contributed by atoms with Gasteiger partial charge in [-0.15, -0.1) is 11.6 Å². The molecule has 0 saturated heterocycles. The Morgan fingerprint density at radius 2 is 2.07 bits per heavy atom. The number of alkyl halides is 1. The summed E-state index contributed by atoms with van der Waals surface area (Å²) in [6.45, 7) is 0.609. The summed E-state index contributed by atoms with van der Waals surface area (Å²) in [5, 5.41) is 2.71. The lowest BCUT2D eigenvalue weighted by Gasteiger charge is -2.04. The lowest BCUT2D eigenvalue weighted by atomic mass is 10.1. The molecule has 0 unspecified atom stereocenters. The van der Waals surface area contributed by atoms with E-state index in [4.69, 9.17) is 16.3 Å². The van der Waals surface area contributed by atoms with Gasteiger partial charge >= 0.3 is 0 Å². The maximum absolute atomic E-state index is 10.8. The minimum absolute atomic E-state index is 0.0165. The van der Waals surface area contributed by atoms with E-state index < -0.39 is 0 Å². The van der Waals surface area contributed by atoms with Gasteiger partial charge in [-0.05, 0) is 24.1 Å². The number of carbonyl (C=O) groups excluding carboxylic acids is 1. The van der Waals surface area contributed by atoms with Gasteiger partial charge in [0.15, 0.2) is 0 Å². The molecule has 0 saturated carbocycles. The van der Waals surface area contributed by atoms with Gasteiger partial charge in [-0.25, -0.2) is 0 Å². The molecule has 1 N–H and O–H groups in total. The van der Waals surface area contributed by atoms with Crippen molar-refractivity contribution in [2.75, 3.05) is 19.5 Å². The fourth-order valence-corrected chi connectivity index (χ4v) is 1.28. The van der Waals surface area contributed by atoms with Crippen LogP contribution in [0.5, 0.6) is 5.75 Å². The third-order valence-electron chi connectivity index (χ3n) is 2.02. The van der Waals surface area contributed by atoms with E-state index in [1.807, 2.05) is 24.3 Å². The highest BCUT2D eigenvalue weighted by atomic mass is 35.5. The van der Waals surface area contributed by atoms with Gasteiger partial charge in [-0.3, -0.25) is 4.79 Å². The highest BCUT2D eigenvalue weighted by Gasteiger charge is 1.98. The largest absolute Gasteiger partial charge is 0.497 e. The van der Waals surface area contributed by atoms with E-state index >= 15 is 0 Å². The number of ether oxygens (including phenoxy) is 1. The SMILES string of the molecule is COc1ccc(CCNC(=O)CCl)cc1. The lowest BCUT2D eigenvalue weighted by molar-refractivity contribution is -0.118. The number of hydrogen-bond donors (Lipinski definition) is 1. The van der Waals surface area contributed by atoms with Gasteiger partial charge < -0.3 is 10.1 Å². The standard InChI is InChI=1S/C11H14ClNO2/c1-15-10-4-2-9(3-5-10)6-7-13-11(14)8-12/h2-5H,6-8H2,1H3,(H,13,14). The Morgan fingerprint density at radius 1 is 1.40 bits per heavy atom. The first-order valence-electron chi connectivity index (χ1n) is 4.72. The molecule has 0 atom stereocenters. The summed E-state index contributed by atoms with van der Waals surface area (Å²) in [4.78, 5) is 10.8. The zero-order valence-electron chi connectivity index (χ0n) is 8.63. The zero-order valence-corrected chi connectivity index (χ0v) is 9.38. The molecule has 0 heterocycles. The van der Waals surface area contributed by atoms with E-state index in [1.165, 1.54) is 0 Å². The fourth-order valence-electron chi connectivity index (χ4n) is 1.19. The Balaban J connectivity index is 2.34. The van der Waals surface area contributed by atoms with Crippen molar-refractivity contribution in [1.29, 1.82) is 0 Å². The van der Waals surface area contributed by atoms with E-state index in [0.717, 1.165) is 17.7 Å². The minimum Gasteiger partial charge on any atom is -0.497 e. The first-order valence-corrected chi connectivity index (χ1v) is 5.25. The van der Waals surface area contributed by atoms with Crippen molar-refractivity contribution in [3.8, 4) is 5.75 Å². The van der Waals surface area contributed by atoms with Crippen LogP contribution in [-0.2, 0) is 11.2 Å². The number of methoxy groups -OCH3 is 1. The molecule has 1 aromatic rings. The van der Waals surface area contributed by atoms with Crippen molar-refractivity contribution >= 4 is 17.5 Å². The maximum Gasteiger partial charge on any atom is 0.234 e. The first kappa shape index (κ1) is 11.9. The summed E-state index contributed by atoms with van der Waals surface area (Å²) in [6, 6.07) is 7.76. The number of nitrogens with one attached hydrogen (secondary N) is 1. The fraction of sp³-hybridized carbons (Fsp3) is 0.364. The summed E-state index contributed by atoms with van der Waals surface area (Å²) in [5.74, 6) is 0.719. The second-order valence-electron chi connectivity index (χ2n) is 3.08. The molecule has 82 valence electrons. The van der Waals surface area contributed by atoms with E-state index in [-0.39, 0.29) is 11.8 Å². The molecule has 0 aliphatic rings. The van der Waals surface area contributed by atoms with E-state index in [9.17, 15) is 4.79 Å². The van der Waals surface area contributed by atoms with Gasteiger partial charge in [-0.2, -0.15) is 0 Å². The van der Waals surface area contributed by atoms with Gasteiger partial charge in [0, 0.05) is 6.54 Å². The summed E-state index contributed by atoms with van der Waals surface area (Å²) >= 11 is 5.34. The van der Waals surface area contributed by atoms with Gasteiger partial charge in [-0.1, -0.05) is 12.1 Å². The number of rotatable bonds is 5. The molecule has 0 aromatic heterocycles. The molecular formula is C11H14ClNO2. The van der Waals surface area contributed by atoms with Crippen LogP contribution in [0.1, 0.15) is 5.56 Å². The Hall–Kier alpha value is -1.22. The highest BCUT2D eigenvalue weighted by Crippen LogP contribution is 2.11. The average Bonchev–Trinajstić information content (AvgIpc) is 2.29. The van der Waals surface area contributed by atoms with Gasteiger partial charge in [0.2, 0.25) is 5.91 Å². The minimum atomic E-state index is -0.134. The molecule has 15 heavy (non-hydrogen) atoms. The average molecular weight is 228 g/mol. The third-order valence-corrected chi connectivity index (χ3v) is 2.26. The van der Waals surface area contributed by atoms with Crippen molar-refractivity contribution in [2.24, 2.45) is 0 Å². The van der Waals surface area contributed by atoms with Crippen LogP contribution in [0.3, 0.4) is 0 Å². The second kappa shape index (κ2) is 6.30. The van der Waals surface area contributed by atoms with Crippen LogP contribution in [0.4, 0.5) is 0 Å². The van der Waals surface area contributed by atoms with E-state index in [0.29, 0.717) is 6.54 Å². The van der Waals surface area contributed by atoms with E-state index in [1.54, 1.807) is 7.11 Å². The molecule has 0 radical (unpaired) electrons. The highest BCUT2D eigenvalue weighted by molar-refractivity contribution is 6.27. The smallest absolute Gasteiger partial charge is 0.234 e. The van der Waals surface area contributed by atoms with Crippen molar-refractivity contribution < 1.29 is 9.53 Å². The molecule has 1 amide bonds. The Labute approximate surface area is 94.4 Å². The van der Waals surface area contributed by atoms with Crippen LogP contribution in [0.25, 0.3) is 0 Å². The molecule has 1 rings (SSSR count). The topological polar surface area (TPSA) is 38.3 Å². The Bertz CT molecular complexity index is 311. The number of halogens is 1. The number of amides is 1. The summed E-state index contributed by atoms with van der Waals surface area (Å²) < 4.78 is 5.04. The second-order valence-corrected chi connectivity index (χ2v) is 3.35. The van der Waals surface area contributed by atoms with Gasteiger partial charge in [0.05, 0.1) is 7.11 Å². The third kappa shape index (κ3) is 4.21. The van der Waals surface area contributed by atoms with Crippen LogP contribution >= 0.6 is 11.6 Å². The molecule has 0 spiro atoms. The number of benzene rings is 1. The first-order chi connectivity index (χ1) is 7.26. The number of hydrogen-bond acceptors (Lipinski definition) is 2. The van der Waals surface area contributed by atoms with Gasteiger partial charge in [0.1, 0.15) is 11.6 Å². The lowest BCUT2D eigenvalue weighted by Crippen LogP contribution is -2.26. The van der Waals surface area contributed by atoms with Crippen molar-refractivity contribution in [2.45, 2.75) is 6.42 Å². The van der Waals surface area contributed by atoms with Crippen molar-refractivity contribution in [1.82, 2.24) is 5.32 Å².